The lowest BCUT2D eigenvalue weighted by Crippen LogP contribution is -2.25. The average molecular weight is 293 g/mol. The third kappa shape index (κ3) is 2.13. The number of nitrogens with zero attached hydrogens (tertiary/aromatic N) is 4. The minimum atomic E-state index is 0.347. The van der Waals surface area contributed by atoms with Crippen molar-refractivity contribution in [2.75, 3.05) is 13.2 Å². The molecule has 3 heterocycles. The monoisotopic (exact) mass is 293 g/mol. The molecule has 2 aliphatic rings. The van der Waals surface area contributed by atoms with Crippen LogP contribution >= 0.6 is 11.3 Å². The van der Waals surface area contributed by atoms with E-state index in [4.69, 9.17) is 15.6 Å². The molecule has 20 heavy (non-hydrogen) atoms. The van der Waals surface area contributed by atoms with E-state index < -0.39 is 0 Å². The van der Waals surface area contributed by atoms with Gasteiger partial charge in [-0.05, 0) is 32.1 Å². The van der Waals surface area contributed by atoms with Crippen LogP contribution in [0.5, 0.6) is 0 Å². The maximum Gasteiger partial charge on any atom is 0.234 e. The number of hydrogen-bond donors (Lipinski definition) is 1. The van der Waals surface area contributed by atoms with Gasteiger partial charge in [0, 0.05) is 24.5 Å². The van der Waals surface area contributed by atoms with Crippen LogP contribution in [0.25, 0.3) is 4.96 Å². The van der Waals surface area contributed by atoms with Crippen molar-refractivity contribution in [2.24, 2.45) is 5.73 Å². The molecule has 2 aromatic heterocycles. The molecule has 2 N–H and O–H groups in total. The van der Waals surface area contributed by atoms with Gasteiger partial charge in [0.2, 0.25) is 4.96 Å². The van der Waals surface area contributed by atoms with E-state index in [0.29, 0.717) is 17.9 Å². The fraction of sp³-hybridized carbons (Fsp3) is 0.769. The summed E-state index contributed by atoms with van der Waals surface area (Å²) in [7, 11) is 0. The molecular weight excluding hydrogens is 274 g/mol. The van der Waals surface area contributed by atoms with Gasteiger partial charge in [0.25, 0.3) is 0 Å². The maximum atomic E-state index is 5.98. The highest BCUT2D eigenvalue weighted by Crippen LogP contribution is 2.35. The molecule has 1 saturated carbocycles. The summed E-state index contributed by atoms with van der Waals surface area (Å²) in [6, 6.07) is 0.378. The first-order chi connectivity index (χ1) is 9.81. The third-order valence-corrected chi connectivity index (χ3v) is 5.51. The zero-order valence-electron chi connectivity index (χ0n) is 11.4. The van der Waals surface area contributed by atoms with E-state index in [9.17, 15) is 0 Å². The third-order valence-electron chi connectivity index (χ3n) is 4.45. The van der Waals surface area contributed by atoms with Crippen LogP contribution < -0.4 is 5.73 Å². The minimum absolute atomic E-state index is 0.347. The van der Waals surface area contributed by atoms with Crippen LogP contribution in [0.4, 0.5) is 0 Å². The summed E-state index contributed by atoms with van der Waals surface area (Å²) in [6.07, 6.45) is 5.52. The van der Waals surface area contributed by atoms with Crippen molar-refractivity contribution in [3.05, 3.63) is 10.8 Å². The van der Waals surface area contributed by atoms with E-state index in [0.717, 1.165) is 56.1 Å². The lowest BCUT2D eigenvalue weighted by atomic mass is 9.87. The Morgan fingerprint density at radius 1 is 1.10 bits per heavy atom. The molecule has 1 aliphatic heterocycles. The van der Waals surface area contributed by atoms with Crippen LogP contribution in [0.2, 0.25) is 0 Å². The van der Waals surface area contributed by atoms with Crippen molar-refractivity contribution < 1.29 is 4.74 Å². The van der Waals surface area contributed by atoms with E-state index in [-0.39, 0.29) is 0 Å². The Balaban J connectivity index is 1.62. The molecule has 108 valence electrons. The van der Waals surface area contributed by atoms with Crippen molar-refractivity contribution in [3.8, 4) is 0 Å². The quantitative estimate of drug-likeness (QED) is 0.911. The van der Waals surface area contributed by atoms with Crippen LogP contribution in [0.15, 0.2) is 0 Å². The van der Waals surface area contributed by atoms with E-state index in [1.807, 2.05) is 4.52 Å². The summed E-state index contributed by atoms with van der Waals surface area (Å²) >= 11 is 1.68. The predicted octanol–water partition coefficient (Wildman–Crippen LogP) is 1.67. The first kappa shape index (κ1) is 12.7. The fourth-order valence-corrected chi connectivity index (χ4v) is 4.19. The fourth-order valence-electron chi connectivity index (χ4n) is 3.17. The lowest BCUT2D eigenvalue weighted by Gasteiger charge is -2.23. The van der Waals surface area contributed by atoms with Gasteiger partial charge in [-0.15, -0.1) is 10.2 Å². The number of ether oxygens (including phenoxy) is 1. The van der Waals surface area contributed by atoms with Crippen LogP contribution in [-0.4, -0.2) is 39.1 Å². The minimum Gasteiger partial charge on any atom is -0.381 e. The molecule has 7 heteroatoms. The van der Waals surface area contributed by atoms with Gasteiger partial charge in [0.05, 0.1) is 6.61 Å². The van der Waals surface area contributed by atoms with Crippen LogP contribution in [-0.2, 0) is 4.74 Å². The van der Waals surface area contributed by atoms with Gasteiger partial charge in [-0.25, -0.2) is 0 Å². The molecule has 1 unspecified atom stereocenters. The number of hydrogen-bond acceptors (Lipinski definition) is 6. The van der Waals surface area contributed by atoms with Gasteiger partial charge < -0.3 is 10.5 Å². The molecule has 6 nitrogen and oxygen atoms in total. The van der Waals surface area contributed by atoms with Crippen LogP contribution in [0.1, 0.15) is 54.8 Å². The molecule has 0 amide bonds. The van der Waals surface area contributed by atoms with Gasteiger partial charge in [-0.3, -0.25) is 0 Å². The topological polar surface area (TPSA) is 78.3 Å². The zero-order valence-corrected chi connectivity index (χ0v) is 12.2. The number of nitrogens with two attached hydrogens (primary N) is 1. The molecule has 0 aromatic carbocycles. The molecular formula is C13H19N5OS. The summed E-state index contributed by atoms with van der Waals surface area (Å²) in [5, 5.41) is 14.6. The van der Waals surface area contributed by atoms with Crippen LogP contribution in [0, 0.1) is 0 Å². The smallest absolute Gasteiger partial charge is 0.234 e. The number of rotatable bonds is 2. The van der Waals surface area contributed by atoms with Crippen molar-refractivity contribution in [2.45, 2.75) is 50.0 Å². The van der Waals surface area contributed by atoms with Gasteiger partial charge in [0.15, 0.2) is 5.82 Å². The Labute approximate surface area is 121 Å². The Hall–Kier alpha value is -1.05. The van der Waals surface area contributed by atoms with E-state index in [1.165, 1.54) is 5.01 Å². The maximum absolute atomic E-state index is 5.98. The highest BCUT2D eigenvalue weighted by atomic mass is 32.1. The van der Waals surface area contributed by atoms with Crippen molar-refractivity contribution >= 4 is 16.3 Å². The molecule has 4 rings (SSSR count). The lowest BCUT2D eigenvalue weighted by molar-refractivity contribution is 0.193. The van der Waals surface area contributed by atoms with Crippen LogP contribution in [0.3, 0.4) is 0 Å². The molecule has 2 aromatic rings. The second kappa shape index (κ2) is 5.05. The first-order valence-electron chi connectivity index (χ1n) is 7.36. The van der Waals surface area contributed by atoms with Gasteiger partial charge in [0.1, 0.15) is 5.01 Å². The Kier molecular flexibility index (Phi) is 3.20. The number of aromatic nitrogens is 4. The SMILES string of the molecule is NC1CCC(c2nn3c(C4CCOC4)nnc3s2)CC1. The molecule has 0 bridgehead atoms. The van der Waals surface area contributed by atoms with E-state index in [1.54, 1.807) is 11.3 Å². The Bertz CT molecular complexity index is 595. The second-order valence-electron chi connectivity index (χ2n) is 5.87. The Morgan fingerprint density at radius 3 is 2.70 bits per heavy atom. The predicted molar refractivity (Wildman–Crippen MR) is 76.0 cm³/mol. The van der Waals surface area contributed by atoms with Crippen molar-refractivity contribution in [1.82, 2.24) is 19.8 Å². The van der Waals surface area contributed by atoms with Gasteiger partial charge in [-0.2, -0.15) is 9.61 Å². The van der Waals surface area contributed by atoms with E-state index in [2.05, 4.69) is 10.2 Å². The molecule has 0 spiro atoms. The first-order valence-corrected chi connectivity index (χ1v) is 8.18. The highest BCUT2D eigenvalue weighted by Gasteiger charge is 2.27. The Morgan fingerprint density at radius 2 is 1.95 bits per heavy atom. The standard InChI is InChI=1S/C13H19N5OS/c14-10-3-1-8(2-4-10)12-17-18-11(9-5-6-19-7-9)15-16-13(18)20-12/h8-10H,1-7,14H2. The summed E-state index contributed by atoms with van der Waals surface area (Å²) in [6.45, 7) is 1.56. The molecule has 1 atom stereocenters. The zero-order chi connectivity index (χ0) is 13.5. The average Bonchev–Trinajstić information content (AvgIpc) is 3.15. The summed E-state index contributed by atoms with van der Waals surface area (Å²) in [5.74, 6) is 1.86. The largest absolute Gasteiger partial charge is 0.381 e. The summed E-state index contributed by atoms with van der Waals surface area (Å²) < 4.78 is 7.38. The summed E-state index contributed by atoms with van der Waals surface area (Å²) in [5.41, 5.74) is 5.98. The molecule has 0 radical (unpaired) electrons. The second-order valence-corrected chi connectivity index (χ2v) is 6.85. The van der Waals surface area contributed by atoms with Crippen molar-refractivity contribution in [1.29, 1.82) is 0 Å². The summed E-state index contributed by atoms with van der Waals surface area (Å²) in [4.78, 5) is 0.914. The molecule has 1 aliphatic carbocycles. The van der Waals surface area contributed by atoms with Gasteiger partial charge in [-0.1, -0.05) is 11.3 Å². The van der Waals surface area contributed by atoms with E-state index >= 15 is 0 Å². The van der Waals surface area contributed by atoms with Gasteiger partial charge >= 0.3 is 0 Å². The highest BCUT2D eigenvalue weighted by molar-refractivity contribution is 7.16. The molecule has 1 saturated heterocycles. The molecule has 2 fully saturated rings. The van der Waals surface area contributed by atoms with Crippen molar-refractivity contribution in [3.63, 3.8) is 0 Å². The number of fused-ring (bicyclic) bond motifs is 1. The normalized spacial score (nSPS) is 31.1.